The Kier molecular flexibility index (Phi) is 7.15. The van der Waals surface area contributed by atoms with E-state index < -0.39 is 6.04 Å². The van der Waals surface area contributed by atoms with Crippen LogP contribution in [0.4, 0.5) is 0 Å². The third kappa shape index (κ3) is 5.96. The first-order valence-electron chi connectivity index (χ1n) is 9.31. The predicted octanol–water partition coefficient (Wildman–Crippen LogP) is 3.55. The summed E-state index contributed by atoms with van der Waals surface area (Å²) in [5.41, 5.74) is 8.25. The Hall–Kier alpha value is -1.57. The summed E-state index contributed by atoms with van der Waals surface area (Å²) in [6, 6.07) is 7.40. The lowest BCUT2D eigenvalue weighted by Crippen LogP contribution is -2.47. The van der Waals surface area contributed by atoms with Gasteiger partial charge in [-0.25, -0.2) is 4.98 Å². The fourth-order valence-electron chi connectivity index (χ4n) is 3.27. The minimum absolute atomic E-state index is 0.0579. The number of amides is 1. The maximum Gasteiger partial charge on any atom is 0.237 e. The van der Waals surface area contributed by atoms with Gasteiger partial charge in [0.2, 0.25) is 5.91 Å². The van der Waals surface area contributed by atoms with Gasteiger partial charge < -0.3 is 15.8 Å². The molecule has 1 fully saturated rings. The van der Waals surface area contributed by atoms with Crippen molar-refractivity contribution in [3.63, 3.8) is 0 Å². The third-order valence-corrected chi connectivity index (χ3v) is 7.26. The minimum Gasteiger partial charge on any atom is -0.497 e. The molecule has 146 valence electrons. The number of ether oxygens (including phenoxy) is 1. The van der Waals surface area contributed by atoms with Crippen molar-refractivity contribution in [3.05, 3.63) is 40.9 Å². The van der Waals surface area contributed by atoms with E-state index in [1.807, 2.05) is 43.0 Å². The Balaban J connectivity index is 1.41. The van der Waals surface area contributed by atoms with E-state index in [0.29, 0.717) is 11.7 Å². The van der Waals surface area contributed by atoms with E-state index in [0.717, 1.165) is 47.0 Å². The van der Waals surface area contributed by atoms with Crippen LogP contribution in [0.1, 0.15) is 36.9 Å². The van der Waals surface area contributed by atoms with Gasteiger partial charge >= 0.3 is 0 Å². The van der Waals surface area contributed by atoms with Gasteiger partial charge in [-0.3, -0.25) is 4.79 Å². The number of aromatic nitrogens is 1. The fourth-order valence-corrected chi connectivity index (χ4v) is 5.56. The molecular formula is C20H27N3O2S2. The molecular weight excluding hydrogens is 378 g/mol. The molecule has 1 saturated carbocycles. The van der Waals surface area contributed by atoms with Gasteiger partial charge in [-0.05, 0) is 56.7 Å². The molecule has 0 aliphatic heterocycles. The second-order valence-corrected chi connectivity index (χ2v) is 9.42. The van der Waals surface area contributed by atoms with E-state index in [9.17, 15) is 4.79 Å². The van der Waals surface area contributed by atoms with Crippen molar-refractivity contribution in [1.29, 1.82) is 0 Å². The summed E-state index contributed by atoms with van der Waals surface area (Å²) in [7, 11) is 1.64. The first-order valence-corrected chi connectivity index (χ1v) is 11.1. The fraction of sp³-hybridized carbons (Fsp3) is 0.500. The molecule has 1 aromatic heterocycles. The first kappa shape index (κ1) is 20.2. The SMILES string of the molecule is COc1ccc(C[C@H](N)C(=O)NC2CCC(Sc3nc(C)cs3)CC2)cc1. The molecule has 3 N–H and O–H groups in total. The van der Waals surface area contributed by atoms with Crippen LogP contribution in [-0.4, -0.2) is 35.3 Å². The Morgan fingerprint density at radius 1 is 1.33 bits per heavy atom. The Bertz CT molecular complexity index is 740. The number of thioether (sulfide) groups is 1. The average Bonchev–Trinajstić information content (AvgIpc) is 3.08. The lowest BCUT2D eigenvalue weighted by Gasteiger charge is -2.29. The summed E-state index contributed by atoms with van der Waals surface area (Å²) in [6.45, 7) is 2.03. The zero-order valence-corrected chi connectivity index (χ0v) is 17.4. The van der Waals surface area contributed by atoms with Crippen LogP contribution in [0, 0.1) is 6.92 Å². The molecule has 5 nitrogen and oxygen atoms in total. The van der Waals surface area contributed by atoms with Crippen molar-refractivity contribution in [2.45, 2.75) is 60.7 Å². The summed E-state index contributed by atoms with van der Waals surface area (Å²) in [5, 5.41) is 5.83. The molecule has 0 radical (unpaired) electrons. The molecule has 0 unspecified atom stereocenters. The number of nitrogens with one attached hydrogen (secondary N) is 1. The smallest absolute Gasteiger partial charge is 0.237 e. The van der Waals surface area contributed by atoms with Crippen LogP contribution in [0.25, 0.3) is 0 Å². The second-order valence-electron chi connectivity index (χ2n) is 7.01. The van der Waals surface area contributed by atoms with Crippen LogP contribution in [0.15, 0.2) is 34.0 Å². The molecule has 1 aliphatic carbocycles. The number of carbonyl (C=O) groups is 1. The van der Waals surface area contributed by atoms with Gasteiger partial charge in [0.05, 0.1) is 13.2 Å². The van der Waals surface area contributed by atoms with Crippen LogP contribution in [-0.2, 0) is 11.2 Å². The summed E-state index contributed by atoms with van der Waals surface area (Å²) in [6.07, 6.45) is 4.74. The van der Waals surface area contributed by atoms with Gasteiger partial charge in [0, 0.05) is 22.4 Å². The minimum atomic E-state index is -0.524. The van der Waals surface area contributed by atoms with Gasteiger partial charge in [-0.15, -0.1) is 11.3 Å². The molecule has 1 aromatic carbocycles. The van der Waals surface area contributed by atoms with Crippen LogP contribution in [0.2, 0.25) is 0 Å². The molecule has 1 aliphatic rings. The second kappa shape index (κ2) is 9.57. The Morgan fingerprint density at radius 3 is 2.63 bits per heavy atom. The number of aryl methyl sites for hydroxylation is 1. The normalized spacial score (nSPS) is 20.9. The molecule has 27 heavy (non-hydrogen) atoms. The van der Waals surface area contributed by atoms with E-state index in [1.165, 1.54) is 0 Å². The number of nitrogens with zero attached hydrogens (tertiary/aromatic N) is 1. The Labute approximate surface area is 169 Å². The number of rotatable bonds is 7. The highest BCUT2D eigenvalue weighted by Crippen LogP contribution is 2.35. The highest BCUT2D eigenvalue weighted by molar-refractivity contribution is 8.01. The lowest BCUT2D eigenvalue weighted by molar-refractivity contribution is -0.123. The topological polar surface area (TPSA) is 77.2 Å². The molecule has 1 amide bonds. The van der Waals surface area contributed by atoms with Crippen molar-refractivity contribution in [2.75, 3.05) is 7.11 Å². The van der Waals surface area contributed by atoms with Crippen molar-refractivity contribution in [1.82, 2.24) is 10.3 Å². The first-order chi connectivity index (χ1) is 13.0. The van der Waals surface area contributed by atoms with E-state index in [2.05, 4.69) is 15.7 Å². The molecule has 0 saturated heterocycles. The number of hydrogen-bond donors (Lipinski definition) is 2. The largest absolute Gasteiger partial charge is 0.497 e. The highest BCUT2D eigenvalue weighted by Gasteiger charge is 2.25. The average molecular weight is 406 g/mol. The van der Waals surface area contributed by atoms with Crippen LogP contribution in [0.5, 0.6) is 5.75 Å². The highest BCUT2D eigenvalue weighted by atomic mass is 32.2. The summed E-state index contributed by atoms with van der Waals surface area (Å²) < 4.78 is 6.31. The van der Waals surface area contributed by atoms with E-state index >= 15 is 0 Å². The van der Waals surface area contributed by atoms with Crippen molar-refractivity contribution in [2.24, 2.45) is 5.73 Å². The van der Waals surface area contributed by atoms with Gasteiger partial charge in [-0.2, -0.15) is 0 Å². The number of benzene rings is 1. The quantitative estimate of drug-likeness (QED) is 0.737. The summed E-state index contributed by atoms with van der Waals surface area (Å²) in [5.74, 6) is 0.747. The molecule has 1 heterocycles. The van der Waals surface area contributed by atoms with Gasteiger partial charge in [0.1, 0.15) is 10.1 Å². The van der Waals surface area contributed by atoms with Crippen LogP contribution < -0.4 is 15.8 Å². The monoisotopic (exact) mass is 405 g/mol. The zero-order chi connectivity index (χ0) is 19.2. The lowest BCUT2D eigenvalue weighted by atomic mass is 9.94. The molecule has 2 aromatic rings. The number of thiazole rings is 1. The molecule has 0 bridgehead atoms. The summed E-state index contributed by atoms with van der Waals surface area (Å²) in [4.78, 5) is 17.0. The van der Waals surface area contributed by atoms with Crippen molar-refractivity contribution in [3.8, 4) is 5.75 Å². The summed E-state index contributed by atoms with van der Waals surface area (Å²) >= 11 is 3.60. The van der Waals surface area contributed by atoms with Crippen molar-refractivity contribution < 1.29 is 9.53 Å². The number of carbonyl (C=O) groups excluding carboxylic acids is 1. The predicted molar refractivity (Wildman–Crippen MR) is 112 cm³/mol. The number of nitrogens with two attached hydrogens (primary N) is 1. The van der Waals surface area contributed by atoms with E-state index in [4.69, 9.17) is 10.5 Å². The van der Waals surface area contributed by atoms with Crippen molar-refractivity contribution >= 4 is 29.0 Å². The van der Waals surface area contributed by atoms with Crippen LogP contribution >= 0.6 is 23.1 Å². The Morgan fingerprint density at radius 2 is 2.04 bits per heavy atom. The van der Waals surface area contributed by atoms with Gasteiger partial charge in [0.15, 0.2) is 0 Å². The van der Waals surface area contributed by atoms with Gasteiger partial charge in [-0.1, -0.05) is 23.9 Å². The molecule has 3 rings (SSSR count). The number of hydrogen-bond acceptors (Lipinski definition) is 6. The molecule has 1 atom stereocenters. The molecule has 0 spiro atoms. The standard InChI is InChI=1S/C20H27N3O2S2/c1-13-12-26-20(22-13)27-17-9-5-15(6-10-17)23-19(24)18(21)11-14-3-7-16(25-2)8-4-14/h3-4,7-8,12,15,17-18H,5-6,9-11,21H2,1-2H3,(H,23,24)/t15?,17?,18-/m0/s1. The number of methoxy groups -OCH3 is 1. The third-order valence-electron chi connectivity index (χ3n) is 4.84. The maximum atomic E-state index is 12.4. The zero-order valence-electron chi connectivity index (χ0n) is 15.8. The van der Waals surface area contributed by atoms with Crippen LogP contribution in [0.3, 0.4) is 0 Å². The van der Waals surface area contributed by atoms with E-state index in [-0.39, 0.29) is 11.9 Å². The maximum absolute atomic E-state index is 12.4. The molecule has 7 heteroatoms. The van der Waals surface area contributed by atoms with Gasteiger partial charge in [0.25, 0.3) is 0 Å². The van der Waals surface area contributed by atoms with E-state index in [1.54, 1.807) is 18.4 Å².